The van der Waals surface area contributed by atoms with E-state index in [1.165, 1.54) is 19.2 Å². The number of carbonyl (C=O) groups excluding carboxylic acids is 1. The lowest BCUT2D eigenvalue weighted by atomic mass is 10.1. The number of hydrogen-bond donors (Lipinski definition) is 0. The molecular formula is C18H18BrF2NO2. The first-order chi connectivity index (χ1) is 11.6. The molecule has 2 aromatic rings. The zero-order valence-corrected chi connectivity index (χ0v) is 14.8. The molecule has 0 spiro atoms. The highest BCUT2D eigenvalue weighted by atomic mass is 79.9. The molecule has 2 rings (SSSR count). The van der Waals surface area contributed by atoms with Crippen molar-refractivity contribution < 1.29 is 18.3 Å². The van der Waals surface area contributed by atoms with Crippen LogP contribution in [-0.2, 0) is 22.6 Å². The molecule has 128 valence electrons. The quantitative estimate of drug-likeness (QED) is 0.524. The average molecular weight is 398 g/mol. The second kappa shape index (κ2) is 8.89. The molecule has 0 radical (unpaired) electrons. The minimum Gasteiger partial charge on any atom is -0.468 e. The fraction of sp³-hybridized carbons (Fsp3) is 0.278. The molecule has 0 amide bonds. The van der Waals surface area contributed by atoms with Crippen molar-refractivity contribution in [3.63, 3.8) is 0 Å². The highest BCUT2D eigenvalue weighted by molar-refractivity contribution is 9.09. The molecule has 0 fully saturated rings. The van der Waals surface area contributed by atoms with Crippen LogP contribution in [0.1, 0.15) is 11.1 Å². The third-order valence-corrected chi connectivity index (χ3v) is 4.34. The van der Waals surface area contributed by atoms with Gasteiger partial charge in [0.2, 0.25) is 0 Å². The molecule has 0 saturated heterocycles. The van der Waals surface area contributed by atoms with E-state index in [4.69, 9.17) is 4.74 Å². The molecule has 2 aromatic carbocycles. The number of carbonyl (C=O) groups is 1. The normalized spacial score (nSPS) is 12.2. The maximum atomic E-state index is 14.0. The van der Waals surface area contributed by atoms with Crippen LogP contribution in [0.15, 0.2) is 48.5 Å². The Hall–Kier alpha value is -1.79. The second-order valence-electron chi connectivity index (χ2n) is 5.28. The number of ether oxygens (including phenoxy) is 1. The van der Waals surface area contributed by atoms with Gasteiger partial charge >= 0.3 is 5.97 Å². The van der Waals surface area contributed by atoms with E-state index in [2.05, 4.69) is 15.9 Å². The van der Waals surface area contributed by atoms with Crippen molar-refractivity contribution in [3.05, 3.63) is 71.3 Å². The highest BCUT2D eigenvalue weighted by Crippen LogP contribution is 2.19. The van der Waals surface area contributed by atoms with Gasteiger partial charge in [-0.05, 0) is 12.1 Å². The molecule has 1 unspecified atom stereocenters. The maximum absolute atomic E-state index is 14.0. The van der Waals surface area contributed by atoms with E-state index in [0.717, 1.165) is 0 Å². The second-order valence-corrected chi connectivity index (χ2v) is 5.93. The van der Waals surface area contributed by atoms with E-state index < -0.39 is 12.0 Å². The summed E-state index contributed by atoms with van der Waals surface area (Å²) >= 11 is 3.29. The Morgan fingerprint density at radius 1 is 1.04 bits per heavy atom. The van der Waals surface area contributed by atoms with Gasteiger partial charge < -0.3 is 4.74 Å². The van der Waals surface area contributed by atoms with Gasteiger partial charge in [-0.25, -0.2) is 8.78 Å². The largest absolute Gasteiger partial charge is 0.468 e. The van der Waals surface area contributed by atoms with Crippen molar-refractivity contribution in [3.8, 4) is 0 Å². The standard InChI is InChI=1S/C18H18BrF2NO2/c1-24-18(23)17(10-19)22(11-13-6-2-4-8-15(13)20)12-14-7-3-5-9-16(14)21/h2-9,17H,10-12H2,1H3. The van der Waals surface area contributed by atoms with Crippen molar-refractivity contribution in [2.24, 2.45) is 0 Å². The summed E-state index contributed by atoms with van der Waals surface area (Å²) in [6.45, 7) is 0.318. The maximum Gasteiger partial charge on any atom is 0.323 e. The number of benzene rings is 2. The van der Waals surface area contributed by atoms with Crippen LogP contribution in [0.4, 0.5) is 8.78 Å². The van der Waals surface area contributed by atoms with E-state index in [9.17, 15) is 13.6 Å². The SMILES string of the molecule is COC(=O)C(CBr)N(Cc1ccccc1F)Cc1ccccc1F. The molecule has 0 N–H and O–H groups in total. The summed E-state index contributed by atoms with van der Waals surface area (Å²) in [7, 11) is 1.29. The Bertz CT molecular complexity index is 649. The van der Waals surface area contributed by atoms with Crippen LogP contribution >= 0.6 is 15.9 Å². The molecule has 0 aromatic heterocycles. The third kappa shape index (κ3) is 4.61. The number of rotatable bonds is 7. The van der Waals surface area contributed by atoms with Crippen molar-refractivity contribution in [2.45, 2.75) is 19.1 Å². The molecule has 0 bridgehead atoms. The molecule has 24 heavy (non-hydrogen) atoms. The minimum atomic E-state index is -0.658. The summed E-state index contributed by atoms with van der Waals surface area (Å²) in [6.07, 6.45) is 0. The first-order valence-corrected chi connectivity index (χ1v) is 8.53. The predicted molar refractivity (Wildman–Crippen MR) is 91.6 cm³/mol. The van der Waals surface area contributed by atoms with Crippen LogP contribution in [0.25, 0.3) is 0 Å². The molecule has 0 aliphatic carbocycles. The summed E-state index contributed by atoms with van der Waals surface area (Å²) in [5.74, 6) is -1.19. The summed E-state index contributed by atoms with van der Waals surface area (Å²) in [4.78, 5) is 13.7. The van der Waals surface area contributed by atoms with Crippen molar-refractivity contribution in [1.82, 2.24) is 4.90 Å². The zero-order chi connectivity index (χ0) is 17.5. The zero-order valence-electron chi connectivity index (χ0n) is 13.2. The number of methoxy groups -OCH3 is 1. The molecule has 3 nitrogen and oxygen atoms in total. The molecule has 0 aliphatic heterocycles. The fourth-order valence-electron chi connectivity index (χ4n) is 2.41. The minimum absolute atomic E-state index is 0.159. The number of esters is 1. The van der Waals surface area contributed by atoms with Gasteiger partial charge in [0.25, 0.3) is 0 Å². The average Bonchev–Trinajstić information content (AvgIpc) is 2.59. The smallest absolute Gasteiger partial charge is 0.323 e. The van der Waals surface area contributed by atoms with Crippen LogP contribution in [0, 0.1) is 11.6 Å². The predicted octanol–water partition coefficient (Wildman–Crippen LogP) is 3.90. The van der Waals surface area contributed by atoms with Gasteiger partial charge in [0.1, 0.15) is 17.7 Å². The number of nitrogens with zero attached hydrogens (tertiary/aromatic N) is 1. The van der Waals surface area contributed by atoms with E-state index in [-0.39, 0.29) is 24.7 Å². The van der Waals surface area contributed by atoms with Gasteiger partial charge in [0, 0.05) is 29.5 Å². The Labute approximate surface area is 148 Å². The Kier molecular flexibility index (Phi) is 6.87. The van der Waals surface area contributed by atoms with Gasteiger partial charge in [0.15, 0.2) is 0 Å². The van der Waals surface area contributed by atoms with E-state index in [1.54, 1.807) is 41.3 Å². The summed E-state index contributed by atoms with van der Waals surface area (Å²) in [5, 5.41) is 0.294. The van der Waals surface area contributed by atoms with E-state index in [0.29, 0.717) is 16.5 Å². The molecular weight excluding hydrogens is 380 g/mol. The molecule has 6 heteroatoms. The van der Waals surface area contributed by atoms with Gasteiger partial charge in [-0.3, -0.25) is 9.69 Å². The van der Waals surface area contributed by atoms with Crippen molar-refractivity contribution in [2.75, 3.05) is 12.4 Å². The van der Waals surface area contributed by atoms with Crippen LogP contribution in [0.5, 0.6) is 0 Å². The first-order valence-electron chi connectivity index (χ1n) is 7.41. The highest BCUT2D eigenvalue weighted by Gasteiger charge is 2.27. The van der Waals surface area contributed by atoms with Gasteiger partial charge in [-0.1, -0.05) is 52.3 Å². The molecule has 1 atom stereocenters. The topological polar surface area (TPSA) is 29.5 Å². The van der Waals surface area contributed by atoms with E-state index >= 15 is 0 Å². The number of halogens is 3. The molecule has 0 heterocycles. The monoisotopic (exact) mass is 397 g/mol. The fourth-order valence-corrected chi connectivity index (χ4v) is 3.09. The van der Waals surface area contributed by atoms with Crippen molar-refractivity contribution in [1.29, 1.82) is 0 Å². The van der Waals surface area contributed by atoms with E-state index in [1.807, 2.05) is 0 Å². The lowest BCUT2D eigenvalue weighted by Crippen LogP contribution is -2.42. The Morgan fingerprint density at radius 2 is 1.50 bits per heavy atom. The molecule has 0 saturated carbocycles. The summed E-state index contributed by atoms with van der Waals surface area (Å²) in [5.41, 5.74) is 0.868. The first kappa shape index (κ1) is 18.5. The number of alkyl halides is 1. The van der Waals surface area contributed by atoms with Gasteiger partial charge in [0.05, 0.1) is 7.11 Å². The van der Waals surface area contributed by atoms with Crippen LogP contribution in [-0.4, -0.2) is 29.4 Å². The van der Waals surface area contributed by atoms with Gasteiger partial charge in [-0.15, -0.1) is 0 Å². The van der Waals surface area contributed by atoms with Crippen LogP contribution < -0.4 is 0 Å². The third-order valence-electron chi connectivity index (χ3n) is 3.72. The van der Waals surface area contributed by atoms with Gasteiger partial charge in [-0.2, -0.15) is 0 Å². The lowest BCUT2D eigenvalue weighted by Gasteiger charge is -2.29. The number of hydrogen-bond acceptors (Lipinski definition) is 3. The lowest BCUT2D eigenvalue weighted by molar-refractivity contribution is -0.146. The van der Waals surface area contributed by atoms with Crippen molar-refractivity contribution >= 4 is 21.9 Å². The Balaban J connectivity index is 2.32. The molecule has 0 aliphatic rings. The summed E-state index contributed by atoms with van der Waals surface area (Å²) < 4.78 is 32.8. The Morgan fingerprint density at radius 3 is 1.88 bits per heavy atom. The van der Waals surface area contributed by atoms with Crippen LogP contribution in [0.2, 0.25) is 0 Å². The van der Waals surface area contributed by atoms with Crippen LogP contribution in [0.3, 0.4) is 0 Å². The summed E-state index contributed by atoms with van der Waals surface area (Å²) in [6, 6.07) is 12.0.